The number of aromatic nitrogens is 2. The highest BCUT2D eigenvalue weighted by Gasteiger charge is 2.19. The van der Waals surface area contributed by atoms with Crippen LogP contribution in [0.15, 0.2) is 30.7 Å². The predicted octanol–water partition coefficient (Wildman–Crippen LogP) is 3.92. The van der Waals surface area contributed by atoms with Crippen molar-refractivity contribution in [3.05, 3.63) is 40.8 Å². The summed E-state index contributed by atoms with van der Waals surface area (Å²) >= 11 is 11.9. The summed E-state index contributed by atoms with van der Waals surface area (Å²) in [6, 6.07) is 5.28. The highest BCUT2D eigenvalue weighted by Crippen LogP contribution is 2.27. The molecule has 20 heavy (non-hydrogen) atoms. The van der Waals surface area contributed by atoms with Crippen LogP contribution in [0.5, 0.6) is 0 Å². The second-order valence-electron chi connectivity index (χ2n) is 4.77. The van der Waals surface area contributed by atoms with Gasteiger partial charge < -0.3 is 4.90 Å². The summed E-state index contributed by atoms with van der Waals surface area (Å²) in [5.41, 5.74) is 1.54. The molecule has 3 rings (SSSR count). The van der Waals surface area contributed by atoms with Crippen LogP contribution >= 0.6 is 23.2 Å². The first-order valence-electron chi connectivity index (χ1n) is 6.44. The molecule has 0 aliphatic carbocycles. The molecule has 1 saturated heterocycles. The third-order valence-corrected chi connectivity index (χ3v) is 4.13. The molecule has 0 saturated carbocycles. The monoisotopic (exact) mass is 309 g/mol. The van der Waals surface area contributed by atoms with Gasteiger partial charge in [0.15, 0.2) is 0 Å². The Morgan fingerprint density at radius 1 is 1.15 bits per heavy atom. The van der Waals surface area contributed by atoms with Crippen molar-refractivity contribution in [1.82, 2.24) is 14.5 Å². The van der Waals surface area contributed by atoms with Crippen molar-refractivity contribution in [3.63, 3.8) is 0 Å². The van der Waals surface area contributed by atoms with Crippen LogP contribution < -0.4 is 0 Å². The van der Waals surface area contributed by atoms with Crippen LogP contribution in [0, 0.1) is 0 Å². The van der Waals surface area contributed by atoms with E-state index in [0.717, 1.165) is 31.5 Å². The number of imidazole rings is 1. The number of hydrogen-bond acceptors (Lipinski definition) is 2. The van der Waals surface area contributed by atoms with Gasteiger partial charge in [-0.3, -0.25) is 4.57 Å². The summed E-state index contributed by atoms with van der Waals surface area (Å²) < 4.78 is 1.52. The number of hydrogen-bond donors (Lipinski definition) is 0. The maximum absolute atomic E-state index is 12.2. The fourth-order valence-electron chi connectivity index (χ4n) is 2.30. The van der Waals surface area contributed by atoms with E-state index in [2.05, 4.69) is 4.98 Å². The van der Waals surface area contributed by atoms with Crippen molar-refractivity contribution in [2.45, 2.75) is 12.8 Å². The minimum Gasteiger partial charge on any atom is -0.324 e. The number of benzene rings is 1. The highest BCUT2D eigenvalue weighted by molar-refractivity contribution is 6.42. The van der Waals surface area contributed by atoms with Crippen LogP contribution in [-0.2, 0) is 0 Å². The van der Waals surface area contributed by atoms with Gasteiger partial charge in [-0.1, -0.05) is 29.3 Å². The molecule has 6 heteroatoms. The summed E-state index contributed by atoms with van der Waals surface area (Å²) in [6.45, 7) is 1.64. The summed E-state index contributed by atoms with van der Waals surface area (Å²) in [7, 11) is 0. The average Bonchev–Trinajstić information content (AvgIpc) is 3.11. The molecule has 1 aromatic carbocycles. The maximum Gasteiger partial charge on any atom is 0.329 e. The van der Waals surface area contributed by atoms with Gasteiger partial charge in [0.05, 0.1) is 15.7 Å². The molecule has 2 aromatic rings. The van der Waals surface area contributed by atoms with E-state index >= 15 is 0 Å². The van der Waals surface area contributed by atoms with E-state index in [1.54, 1.807) is 24.7 Å². The molecule has 104 valence electrons. The van der Waals surface area contributed by atoms with E-state index in [-0.39, 0.29) is 6.03 Å². The van der Waals surface area contributed by atoms with E-state index in [9.17, 15) is 4.79 Å². The molecule has 1 aromatic heterocycles. The maximum atomic E-state index is 12.2. The van der Waals surface area contributed by atoms with Crippen LogP contribution in [0.25, 0.3) is 11.3 Å². The molecule has 4 nitrogen and oxygen atoms in total. The second kappa shape index (κ2) is 5.46. The first-order chi connectivity index (χ1) is 9.65. The Morgan fingerprint density at radius 2 is 1.90 bits per heavy atom. The van der Waals surface area contributed by atoms with Gasteiger partial charge in [0, 0.05) is 24.8 Å². The van der Waals surface area contributed by atoms with Crippen molar-refractivity contribution >= 4 is 29.2 Å². The molecule has 0 bridgehead atoms. The molecule has 2 heterocycles. The van der Waals surface area contributed by atoms with Crippen LogP contribution in [0.3, 0.4) is 0 Å². The van der Waals surface area contributed by atoms with Gasteiger partial charge in [-0.2, -0.15) is 0 Å². The Morgan fingerprint density at radius 3 is 2.60 bits per heavy atom. The van der Waals surface area contributed by atoms with Gasteiger partial charge in [0.25, 0.3) is 0 Å². The quantitative estimate of drug-likeness (QED) is 0.800. The zero-order valence-electron chi connectivity index (χ0n) is 10.7. The summed E-state index contributed by atoms with van der Waals surface area (Å²) in [6.07, 6.45) is 5.40. The number of carbonyl (C=O) groups is 1. The van der Waals surface area contributed by atoms with Gasteiger partial charge in [-0.05, 0) is 25.0 Å². The summed E-state index contributed by atoms with van der Waals surface area (Å²) in [5, 5.41) is 0.979. The van der Waals surface area contributed by atoms with Gasteiger partial charge >= 0.3 is 6.03 Å². The molecule has 0 N–H and O–H groups in total. The lowest BCUT2D eigenvalue weighted by Crippen LogP contribution is -2.31. The van der Waals surface area contributed by atoms with Crippen molar-refractivity contribution < 1.29 is 4.79 Å². The van der Waals surface area contributed by atoms with E-state index in [1.165, 1.54) is 4.57 Å². The number of rotatable bonds is 1. The topological polar surface area (TPSA) is 38.1 Å². The Kier molecular flexibility index (Phi) is 3.68. The van der Waals surface area contributed by atoms with Crippen molar-refractivity contribution in [2.75, 3.05) is 13.1 Å². The number of likely N-dealkylation sites (tertiary alicyclic amines) is 1. The molecule has 1 amide bonds. The second-order valence-corrected chi connectivity index (χ2v) is 5.59. The van der Waals surface area contributed by atoms with Gasteiger partial charge in [0.2, 0.25) is 0 Å². The van der Waals surface area contributed by atoms with Gasteiger partial charge in [-0.25, -0.2) is 9.78 Å². The molecule has 0 atom stereocenters. The Labute approximate surface area is 126 Å². The largest absolute Gasteiger partial charge is 0.329 e. The molecular formula is C14H13Cl2N3O. The number of nitrogens with zero attached hydrogens (tertiary/aromatic N) is 3. The fraction of sp³-hybridized carbons (Fsp3) is 0.286. The summed E-state index contributed by atoms with van der Waals surface area (Å²) in [5.74, 6) is 0. The van der Waals surface area contributed by atoms with Crippen LogP contribution in [0.4, 0.5) is 4.79 Å². The van der Waals surface area contributed by atoms with E-state index in [0.29, 0.717) is 15.7 Å². The number of carbonyl (C=O) groups excluding carboxylic acids is 1. The molecule has 1 aliphatic heterocycles. The van der Waals surface area contributed by atoms with Crippen LogP contribution in [0.1, 0.15) is 12.8 Å². The zero-order valence-corrected chi connectivity index (χ0v) is 12.2. The zero-order chi connectivity index (χ0) is 14.1. The average molecular weight is 310 g/mol. The number of halogens is 2. The SMILES string of the molecule is O=C(N1CCCC1)n1cnc(-c2ccc(Cl)c(Cl)c2)c1. The lowest BCUT2D eigenvalue weighted by Gasteiger charge is -2.14. The lowest BCUT2D eigenvalue weighted by molar-refractivity contribution is 0.210. The van der Waals surface area contributed by atoms with E-state index < -0.39 is 0 Å². The first kappa shape index (κ1) is 13.5. The van der Waals surface area contributed by atoms with Crippen LogP contribution in [-0.4, -0.2) is 33.6 Å². The predicted molar refractivity (Wildman–Crippen MR) is 79.3 cm³/mol. The lowest BCUT2D eigenvalue weighted by atomic mass is 10.2. The highest BCUT2D eigenvalue weighted by atomic mass is 35.5. The Bertz CT molecular complexity index is 648. The molecule has 1 fully saturated rings. The van der Waals surface area contributed by atoms with Crippen molar-refractivity contribution in [1.29, 1.82) is 0 Å². The van der Waals surface area contributed by atoms with E-state index in [4.69, 9.17) is 23.2 Å². The molecule has 0 unspecified atom stereocenters. The molecule has 0 spiro atoms. The van der Waals surface area contributed by atoms with Gasteiger partial charge in [0.1, 0.15) is 6.33 Å². The van der Waals surface area contributed by atoms with E-state index in [1.807, 2.05) is 11.0 Å². The third-order valence-electron chi connectivity index (χ3n) is 3.40. The number of amides is 1. The summed E-state index contributed by atoms with van der Waals surface area (Å²) in [4.78, 5) is 18.3. The molecule has 1 aliphatic rings. The normalized spacial score (nSPS) is 14.8. The van der Waals surface area contributed by atoms with Gasteiger partial charge in [-0.15, -0.1) is 0 Å². The Hall–Kier alpha value is -1.52. The first-order valence-corrected chi connectivity index (χ1v) is 7.19. The minimum absolute atomic E-state index is 0.0266. The smallest absolute Gasteiger partial charge is 0.324 e. The van der Waals surface area contributed by atoms with Crippen molar-refractivity contribution in [3.8, 4) is 11.3 Å². The standard InChI is InChI=1S/C14H13Cl2N3O/c15-11-4-3-10(7-12(11)16)13-8-19(9-17-13)14(20)18-5-1-2-6-18/h3-4,7-9H,1-2,5-6H2. The minimum atomic E-state index is -0.0266. The third kappa shape index (κ3) is 2.53. The van der Waals surface area contributed by atoms with Crippen molar-refractivity contribution in [2.24, 2.45) is 0 Å². The molecule has 0 radical (unpaired) electrons. The Balaban J connectivity index is 1.85. The van der Waals surface area contributed by atoms with Crippen LogP contribution in [0.2, 0.25) is 10.0 Å². The molecular weight excluding hydrogens is 297 g/mol. The fourth-order valence-corrected chi connectivity index (χ4v) is 2.60.